The maximum atomic E-state index is 11.4. The molecule has 106 valence electrons. The van der Waals surface area contributed by atoms with Crippen LogP contribution < -0.4 is 10.6 Å². The van der Waals surface area contributed by atoms with Crippen LogP contribution in [-0.4, -0.2) is 28.8 Å². The van der Waals surface area contributed by atoms with Crippen molar-refractivity contribution in [1.29, 1.82) is 0 Å². The molecule has 1 fully saturated rings. The lowest BCUT2D eigenvalue weighted by Crippen LogP contribution is -2.32. The Balaban J connectivity index is 1.59. The topological polar surface area (TPSA) is 59.0 Å². The molecule has 1 saturated carbocycles. The van der Waals surface area contributed by atoms with Gasteiger partial charge in [0.05, 0.1) is 5.69 Å². The van der Waals surface area contributed by atoms with Gasteiger partial charge in [-0.3, -0.25) is 9.48 Å². The van der Waals surface area contributed by atoms with Crippen molar-refractivity contribution in [3.05, 3.63) is 18.0 Å². The number of nitrogens with one attached hydrogen (secondary N) is 2. The van der Waals surface area contributed by atoms with Crippen molar-refractivity contribution in [2.24, 2.45) is 5.92 Å². The van der Waals surface area contributed by atoms with Crippen LogP contribution >= 0.6 is 0 Å². The molecule has 19 heavy (non-hydrogen) atoms. The van der Waals surface area contributed by atoms with Crippen molar-refractivity contribution in [1.82, 2.24) is 20.4 Å². The molecule has 0 aliphatic heterocycles. The number of hydrogen-bond acceptors (Lipinski definition) is 3. The van der Waals surface area contributed by atoms with E-state index in [1.54, 1.807) is 0 Å². The van der Waals surface area contributed by atoms with Crippen molar-refractivity contribution in [2.45, 2.75) is 45.7 Å². The van der Waals surface area contributed by atoms with Gasteiger partial charge in [0.2, 0.25) is 5.91 Å². The van der Waals surface area contributed by atoms with Gasteiger partial charge in [0.25, 0.3) is 0 Å². The molecule has 2 N–H and O–H groups in total. The second kappa shape index (κ2) is 6.70. The lowest BCUT2D eigenvalue weighted by molar-refractivity contribution is -0.122. The number of carbonyl (C=O) groups excluding carboxylic acids is 1. The molecule has 2 rings (SSSR count). The first-order valence-corrected chi connectivity index (χ1v) is 7.23. The van der Waals surface area contributed by atoms with Crippen LogP contribution in [-0.2, 0) is 11.3 Å². The summed E-state index contributed by atoms with van der Waals surface area (Å²) in [6.45, 7) is 6.56. The van der Waals surface area contributed by atoms with Crippen molar-refractivity contribution in [3.63, 3.8) is 0 Å². The van der Waals surface area contributed by atoms with Gasteiger partial charge in [0.1, 0.15) is 0 Å². The Hall–Kier alpha value is -1.36. The van der Waals surface area contributed by atoms with Crippen molar-refractivity contribution < 1.29 is 4.79 Å². The minimum atomic E-state index is 0.211. The van der Waals surface area contributed by atoms with Crippen LogP contribution in [0.1, 0.15) is 44.8 Å². The van der Waals surface area contributed by atoms with E-state index in [9.17, 15) is 4.79 Å². The minimum absolute atomic E-state index is 0.211. The fourth-order valence-corrected chi connectivity index (χ4v) is 1.88. The van der Waals surface area contributed by atoms with Crippen LogP contribution in [0.25, 0.3) is 0 Å². The second-order valence-corrected chi connectivity index (χ2v) is 5.29. The highest BCUT2D eigenvalue weighted by molar-refractivity contribution is 5.80. The molecule has 1 aliphatic carbocycles. The molecular formula is C14H24N4O. The molecule has 1 amide bonds. The van der Waals surface area contributed by atoms with E-state index in [4.69, 9.17) is 0 Å². The summed E-state index contributed by atoms with van der Waals surface area (Å²) in [6, 6.07) is 2.49. The zero-order valence-corrected chi connectivity index (χ0v) is 11.9. The average Bonchev–Trinajstić information content (AvgIpc) is 3.17. The maximum Gasteiger partial charge on any atom is 0.223 e. The third-order valence-electron chi connectivity index (χ3n) is 3.56. The Labute approximate surface area is 114 Å². The van der Waals surface area contributed by atoms with Crippen molar-refractivity contribution in [3.8, 4) is 0 Å². The maximum absolute atomic E-state index is 11.4. The summed E-state index contributed by atoms with van der Waals surface area (Å²) in [6.07, 6.45) is 5.24. The average molecular weight is 264 g/mol. The number of hydrogen-bond donors (Lipinski definition) is 2. The molecule has 1 aromatic rings. The van der Waals surface area contributed by atoms with Gasteiger partial charge in [0, 0.05) is 37.8 Å². The molecule has 0 spiro atoms. The summed E-state index contributed by atoms with van der Waals surface area (Å²) < 4.78 is 2.01. The van der Waals surface area contributed by atoms with E-state index in [0.717, 1.165) is 38.0 Å². The van der Waals surface area contributed by atoms with Crippen LogP contribution in [0.2, 0.25) is 0 Å². The number of aromatic nitrogens is 2. The summed E-state index contributed by atoms with van der Waals surface area (Å²) in [5, 5.41) is 10.8. The number of amides is 1. The zero-order valence-electron chi connectivity index (χ0n) is 11.9. The number of rotatable bonds is 8. The fourth-order valence-electron chi connectivity index (χ4n) is 1.88. The molecule has 0 radical (unpaired) electrons. The van der Waals surface area contributed by atoms with Gasteiger partial charge in [-0.2, -0.15) is 5.10 Å². The molecule has 1 aliphatic rings. The summed E-state index contributed by atoms with van der Waals surface area (Å²) in [7, 11) is 0. The first-order valence-electron chi connectivity index (χ1n) is 7.23. The van der Waals surface area contributed by atoms with E-state index in [2.05, 4.69) is 29.6 Å². The number of carbonyl (C=O) groups is 1. The highest BCUT2D eigenvalue weighted by Crippen LogP contribution is 2.28. The standard InChI is InChI=1S/C14H24N4O/c1-3-11(2)18-9-6-13(17-18)10-15-7-8-16-14(19)12-4-5-12/h6,9,11-12,15H,3-5,7-8,10H2,1-2H3,(H,16,19). The van der Waals surface area contributed by atoms with Crippen molar-refractivity contribution in [2.75, 3.05) is 13.1 Å². The molecule has 5 heteroatoms. The lowest BCUT2D eigenvalue weighted by Gasteiger charge is -2.08. The summed E-state index contributed by atoms with van der Waals surface area (Å²) in [5.74, 6) is 0.508. The van der Waals surface area contributed by atoms with Crippen LogP contribution in [0.15, 0.2) is 12.3 Å². The van der Waals surface area contributed by atoms with Crippen LogP contribution in [0.4, 0.5) is 0 Å². The monoisotopic (exact) mass is 264 g/mol. The highest BCUT2D eigenvalue weighted by atomic mass is 16.2. The van der Waals surface area contributed by atoms with Gasteiger partial charge in [0.15, 0.2) is 0 Å². The van der Waals surface area contributed by atoms with Gasteiger partial charge < -0.3 is 10.6 Å². The Kier molecular flexibility index (Phi) is 4.96. The number of nitrogens with zero attached hydrogens (tertiary/aromatic N) is 2. The summed E-state index contributed by atoms with van der Waals surface area (Å²) >= 11 is 0. The van der Waals surface area contributed by atoms with Crippen LogP contribution in [0.5, 0.6) is 0 Å². The van der Waals surface area contributed by atoms with Gasteiger partial charge >= 0.3 is 0 Å². The quantitative estimate of drug-likeness (QED) is 0.699. The Bertz CT molecular complexity index is 411. The van der Waals surface area contributed by atoms with Gasteiger partial charge in [-0.15, -0.1) is 0 Å². The molecule has 1 aromatic heterocycles. The van der Waals surface area contributed by atoms with E-state index < -0.39 is 0 Å². The van der Waals surface area contributed by atoms with E-state index in [0.29, 0.717) is 18.5 Å². The minimum Gasteiger partial charge on any atom is -0.355 e. The largest absolute Gasteiger partial charge is 0.355 e. The van der Waals surface area contributed by atoms with Crippen LogP contribution in [0, 0.1) is 5.92 Å². The van der Waals surface area contributed by atoms with E-state index >= 15 is 0 Å². The molecule has 1 heterocycles. The van der Waals surface area contributed by atoms with E-state index in [-0.39, 0.29) is 5.91 Å². The van der Waals surface area contributed by atoms with Crippen molar-refractivity contribution >= 4 is 5.91 Å². The molecule has 5 nitrogen and oxygen atoms in total. The SMILES string of the molecule is CCC(C)n1ccc(CNCCNC(=O)C2CC2)n1. The molecule has 0 saturated heterocycles. The smallest absolute Gasteiger partial charge is 0.223 e. The van der Waals surface area contributed by atoms with E-state index in [1.807, 2.05) is 16.9 Å². The van der Waals surface area contributed by atoms with Crippen LogP contribution in [0.3, 0.4) is 0 Å². The highest BCUT2D eigenvalue weighted by Gasteiger charge is 2.28. The predicted molar refractivity (Wildman–Crippen MR) is 74.7 cm³/mol. The lowest BCUT2D eigenvalue weighted by atomic mass is 10.3. The van der Waals surface area contributed by atoms with Gasteiger partial charge in [-0.1, -0.05) is 6.92 Å². The molecule has 1 unspecified atom stereocenters. The Morgan fingerprint density at radius 3 is 3.00 bits per heavy atom. The third-order valence-corrected chi connectivity index (χ3v) is 3.56. The third kappa shape index (κ3) is 4.35. The van der Waals surface area contributed by atoms with Gasteiger partial charge in [-0.05, 0) is 32.3 Å². The second-order valence-electron chi connectivity index (χ2n) is 5.29. The molecular weight excluding hydrogens is 240 g/mol. The normalized spacial score (nSPS) is 16.3. The first kappa shape index (κ1) is 14.1. The molecule has 0 aromatic carbocycles. The Morgan fingerprint density at radius 2 is 2.32 bits per heavy atom. The van der Waals surface area contributed by atoms with Gasteiger partial charge in [-0.25, -0.2) is 0 Å². The zero-order chi connectivity index (χ0) is 13.7. The summed E-state index contributed by atoms with van der Waals surface area (Å²) in [4.78, 5) is 11.4. The summed E-state index contributed by atoms with van der Waals surface area (Å²) in [5.41, 5.74) is 1.05. The van der Waals surface area contributed by atoms with E-state index in [1.165, 1.54) is 0 Å². The molecule has 0 bridgehead atoms. The first-order chi connectivity index (χ1) is 9.20. The molecule has 1 atom stereocenters. The predicted octanol–water partition coefficient (Wildman–Crippen LogP) is 1.47. The Morgan fingerprint density at radius 1 is 1.53 bits per heavy atom. The fraction of sp³-hybridized carbons (Fsp3) is 0.714.